The summed E-state index contributed by atoms with van der Waals surface area (Å²) in [6.07, 6.45) is 0. The molecule has 0 spiro atoms. The Balaban J connectivity index is 0. The van der Waals surface area contributed by atoms with Gasteiger partial charge in [-0.2, -0.15) is 8.42 Å². The van der Waals surface area contributed by atoms with Crippen molar-refractivity contribution in [1.29, 1.82) is 0 Å². The van der Waals surface area contributed by atoms with Gasteiger partial charge in [-0.15, -0.1) is 0 Å². The maximum Gasteiger partial charge on any atom is 0.330 e. The standard InChI is InChI=1S/Ca.H3NO3S/c;1-5(2,3)4/h;(H3,1,2,3,4). The van der Waals surface area contributed by atoms with Crippen LogP contribution in [0, 0.1) is 0 Å². The molecule has 0 rings (SSSR count). The molecule has 0 aromatic heterocycles. The molecule has 0 bridgehead atoms. The Bertz CT molecular complexity index is 94.0. The normalized spacial score (nSPS) is 9.67. The quantitative estimate of drug-likeness (QED) is 0.310. The molecular weight excluding hydrogens is 134 g/mol. The van der Waals surface area contributed by atoms with E-state index >= 15 is 0 Å². The van der Waals surface area contributed by atoms with Gasteiger partial charge >= 0.3 is 10.3 Å². The maximum absolute atomic E-state index is 8.97. The summed E-state index contributed by atoms with van der Waals surface area (Å²) < 4.78 is 25.2. The first-order valence-electron chi connectivity index (χ1n) is 0.752. The van der Waals surface area contributed by atoms with Crippen LogP contribution in [-0.2, 0) is 10.3 Å². The third-order valence-corrected chi connectivity index (χ3v) is 0. The van der Waals surface area contributed by atoms with Gasteiger partial charge in [0.1, 0.15) is 0 Å². The Morgan fingerprint density at radius 2 is 1.50 bits per heavy atom. The van der Waals surface area contributed by atoms with Gasteiger partial charge in [0.2, 0.25) is 0 Å². The topological polar surface area (TPSA) is 80.4 Å². The summed E-state index contributed by atoms with van der Waals surface area (Å²) in [4.78, 5) is 0. The molecule has 6 heavy (non-hydrogen) atoms. The van der Waals surface area contributed by atoms with E-state index in [1.165, 1.54) is 0 Å². The van der Waals surface area contributed by atoms with Gasteiger partial charge < -0.3 is 0 Å². The number of hydrogen-bond acceptors (Lipinski definition) is 2. The molecule has 0 saturated carbocycles. The van der Waals surface area contributed by atoms with Gasteiger partial charge in [-0.1, -0.05) is 0 Å². The van der Waals surface area contributed by atoms with Crippen LogP contribution in [0.25, 0.3) is 0 Å². The zero-order valence-corrected chi connectivity index (χ0v) is 5.98. The zero-order chi connectivity index (χ0) is 4.50. The van der Waals surface area contributed by atoms with Crippen LogP contribution in [0.15, 0.2) is 0 Å². The first-order chi connectivity index (χ1) is 2.00. The molecule has 0 atom stereocenters. The number of rotatable bonds is 0. The van der Waals surface area contributed by atoms with E-state index in [1.807, 2.05) is 0 Å². The predicted molar refractivity (Wildman–Crippen MR) is 21.5 cm³/mol. The van der Waals surface area contributed by atoms with Crippen LogP contribution in [0.1, 0.15) is 0 Å². The second-order valence-corrected chi connectivity index (χ2v) is 1.54. The smallest absolute Gasteiger partial charge is 0.274 e. The Labute approximate surface area is 65.6 Å². The summed E-state index contributed by atoms with van der Waals surface area (Å²) in [6, 6.07) is 0. The molecule has 0 saturated heterocycles. The van der Waals surface area contributed by atoms with Crippen molar-refractivity contribution >= 4 is 48.0 Å². The van der Waals surface area contributed by atoms with Gasteiger partial charge in [0.15, 0.2) is 0 Å². The van der Waals surface area contributed by atoms with Crippen LogP contribution in [0.3, 0.4) is 0 Å². The molecule has 0 aliphatic heterocycles. The van der Waals surface area contributed by atoms with E-state index in [2.05, 4.69) is 5.14 Å². The molecular formula is H3CaNO3S. The number of nitrogens with two attached hydrogens (primary N) is 1. The van der Waals surface area contributed by atoms with E-state index in [9.17, 15) is 0 Å². The van der Waals surface area contributed by atoms with E-state index in [-0.39, 0.29) is 37.7 Å². The monoisotopic (exact) mass is 137 g/mol. The first-order valence-corrected chi connectivity index (χ1v) is 2.25. The van der Waals surface area contributed by atoms with E-state index in [1.54, 1.807) is 0 Å². The van der Waals surface area contributed by atoms with E-state index < -0.39 is 10.3 Å². The summed E-state index contributed by atoms with van der Waals surface area (Å²) in [5.74, 6) is 0. The molecule has 2 radical (unpaired) electrons. The Hall–Kier alpha value is 1.13. The minimum atomic E-state index is -4.17. The van der Waals surface area contributed by atoms with Crippen LogP contribution < -0.4 is 5.14 Å². The second kappa shape index (κ2) is 3.17. The van der Waals surface area contributed by atoms with Crippen molar-refractivity contribution in [2.45, 2.75) is 0 Å². The summed E-state index contributed by atoms with van der Waals surface area (Å²) >= 11 is 0. The van der Waals surface area contributed by atoms with Crippen LogP contribution in [0.2, 0.25) is 0 Å². The van der Waals surface area contributed by atoms with Gasteiger partial charge in [-0.3, -0.25) is 4.55 Å². The fourth-order valence-electron chi connectivity index (χ4n) is 0. The molecule has 0 aromatic carbocycles. The van der Waals surface area contributed by atoms with Gasteiger partial charge in [0.25, 0.3) is 0 Å². The summed E-state index contributed by atoms with van der Waals surface area (Å²) in [5, 5.41) is 3.88. The SMILES string of the molecule is NS(=O)(=O)O.[Ca]. The van der Waals surface area contributed by atoms with Crippen molar-refractivity contribution in [3.63, 3.8) is 0 Å². The molecule has 0 heterocycles. The summed E-state index contributed by atoms with van der Waals surface area (Å²) in [5.41, 5.74) is 0. The van der Waals surface area contributed by atoms with E-state index in [0.29, 0.717) is 0 Å². The zero-order valence-electron chi connectivity index (χ0n) is 2.96. The van der Waals surface area contributed by atoms with E-state index in [4.69, 9.17) is 13.0 Å². The van der Waals surface area contributed by atoms with Crippen molar-refractivity contribution in [3.05, 3.63) is 0 Å². The van der Waals surface area contributed by atoms with Crippen molar-refractivity contribution in [2.24, 2.45) is 5.14 Å². The largest absolute Gasteiger partial charge is 0.330 e. The van der Waals surface area contributed by atoms with Crippen LogP contribution in [-0.4, -0.2) is 50.7 Å². The Kier molecular flexibility index (Phi) is 5.38. The molecule has 0 aromatic rings. The Morgan fingerprint density at radius 3 is 1.50 bits per heavy atom. The fraction of sp³-hybridized carbons (Fsp3) is 0. The van der Waals surface area contributed by atoms with Gasteiger partial charge in [0.05, 0.1) is 0 Å². The summed E-state index contributed by atoms with van der Waals surface area (Å²) in [7, 11) is -4.17. The third-order valence-electron chi connectivity index (χ3n) is 0. The fourth-order valence-corrected chi connectivity index (χ4v) is 0. The molecule has 34 valence electrons. The van der Waals surface area contributed by atoms with Gasteiger partial charge in [0, 0.05) is 37.7 Å². The van der Waals surface area contributed by atoms with Crippen LogP contribution in [0.4, 0.5) is 0 Å². The van der Waals surface area contributed by atoms with Crippen molar-refractivity contribution < 1.29 is 13.0 Å². The minimum Gasteiger partial charge on any atom is -0.274 e. The maximum atomic E-state index is 8.97. The predicted octanol–water partition coefficient (Wildman–Crippen LogP) is -1.63. The van der Waals surface area contributed by atoms with E-state index in [0.717, 1.165) is 0 Å². The van der Waals surface area contributed by atoms with Crippen molar-refractivity contribution in [1.82, 2.24) is 0 Å². The Morgan fingerprint density at radius 1 is 1.50 bits per heavy atom. The molecule has 6 heteroatoms. The van der Waals surface area contributed by atoms with Gasteiger partial charge in [-0.05, 0) is 0 Å². The van der Waals surface area contributed by atoms with Crippen LogP contribution in [0.5, 0.6) is 0 Å². The second-order valence-electron chi connectivity index (χ2n) is 0.515. The average molecular weight is 137 g/mol. The van der Waals surface area contributed by atoms with Gasteiger partial charge in [-0.25, -0.2) is 5.14 Å². The molecule has 0 amide bonds. The third kappa shape index (κ3) is 68.5. The number of hydrogen-bond donors (Lipinski definition) is 2. The molecule has 4 nitrogen and oxygen atoms in total. The molecule has 0 aliphatic carbocycles. The molecule has 0 unspecified atom stereocenters. The first kappa shape index (κ1) is 10.2. The molecule has 0 aliphatic rings. The summed E-state index contributed by atoms with van der Waals surface area (Å²) in [6.45, 7) is 0. The van der Waals surface area contributed by atoms with Crippen molar-refractivity contribution in [3.8, 4) is 0 Å². The average Bonchev–Trinajstić information content (AvgIpc) is 0.722. The molecule has 0 fully saturated rings. The van der Waals surface area contributed by atoms with Crippen molar-refractivity contribution in [2.75, 3.05) is 0 Å². The van der Waals surface area contributed by atoms with Crippen LogP contribution >= 0.6 is 0 Å². The minimum absolute atomic E-state index is 0. The molecule has 3 N–H and O–H groups in total.